The number of carbonyl (C=O) groups is 1. The molecule has 0 amide bonds. The Bertz CT molecular complexity index is 604. The van der Waals surface area contributed by atoms with Gasteiger partial charge in [-0.05, 0) is 41.7 Å². The molecule has 19 heavy (non-hydrogen) atoms. The van der Waals surface area contributed by atoms with Gasteiger partial charge in [0, 0.05) is 5.02 Å². The summed E-state index contributed by atoms with van der Waals surface area (Å²) in [6.45, 7) is 0. The van der Waals surface area contributed by atoms with E-state index in [-0.39, 0.29) is 11.9 Å². The summed E-state index contributed by atoms with van der Waals surface area (Å²) in [6, 6.07) is 15.4. The molecule has 1 atom stereocenters. The second-order valence-electron chi connectivity index (χ2n) is 4.74. The van der Waals surface area contributed by atoms with Gasteiger partial charge in [-0.25, -0.2) is 0 Å². The number of hydrogen-bond donors (Lipinski definition) is 0. The molecule has 0 unspecified atom stereocenters. The van der Waals surface area contributed by atoms with Crippen LogP contribution < -0.4 is 4.74 Å². The Balaban J connectivity index is 1.95. The van der Waals surface area contributed by atoms with Crippen LogP contribution in [-0.4, -0.2) is 5.97 Å². The van der Waals surface area contributed by atoms with Gasteiger partial charge in [0.05, 0.1) is 6.42 Å². The van der Waals surface area contributed by atoms with Crippen LogP contribution in [0.2, 0.25) is 5.02 Å². The molecule has 0 bridgehead atoms. The third-order valence-electron chi connectivity index (χ3n) is 3.42. The van der Waals surface area contributed by atoms with Gasteiger partial charge >= 0.3 is 5.97 Å². The van der Waals surface area contributed by atoms with E-state index >= 15 is 0 Å². The van der Waals surface area contributed by atoms with Crippen molar-refractivity contribution in [2.24, 2.45) is 0 Å². The standard InChI is InChI=1S/C16H13ClO2/c17-14-7-5-11(6-8-14)13-9-12-3-1-2-4-15(12)19-16(18)10-13/h1-8,13H,9-10H2/t13-/m1/s1. The molecule has 3 heteroatoms. The van der Waals surface area contributed by atoms with Crippen LogP contribution in [0.15, 0.2) is 48.5 Å². The van der Waals surface area contributed by atoms with Crippen LogP contribution in [-0.2, 0) is 11.2 Å². The maximum Gasteiger partial charge on any atom is 0.311 e. The van der Waals surface area contributed by atoms with Gasteiger partial charge in [0.15, 0.2) is 0 Å². The largest absolute Gasteiger partial charge is 0.426 e. The lowest BCUT2D eigenvalue weighted by atomic mass is 9.90. The summed E-state index contributed by atoms with van der Waals surface area (Å²) in [7, 11) is 0. The molecule has 0 saturated carbocycles. The molecule has 2 nitrogen and oxygen atoms in total. The summed E-state index contributed by atoms with van der Waals surface area (Å²) >= 11 is 5.90. The van der Waals surface area contributed by atoms with Crippen molar-refractivity contribution in [3.8, 4) is 5.75 Å². The first-order chi connectivity index (χ1) is 9.22. The SMILES string of the molecule is O=C1C[C@H](c2ccc(Cl)cc2)Cc2ccccc2O1. The van der Waals surface area contributed by atoms with E-state index in [9.17, 15) is 4.79 Å². The summed E-state index contributed by atoms with van der Waals surface area (Å²) in [5.74, 6) is 0.655. The number of hydrogen-bond acceptors (Lipinski definition) is 2. The Morgan fingerprint density at radius 3 is 2.53 bits per heavy atom. The van der Waals surface area contributed by atoms with Crippen molar-refractivity contribution in [3.05, 3.63) is 64.7 Å². The molecule has 0 N–H and O–H groups in total. The number of carbonyl (C=O) groups excluding carboxylic acids is 1. The normalized spacial score (nSPS) is 18.4. The van der Waals surface area contributed by atoms with Crippen molar-refractivity contribution in [1.82, 2.24) is 0 Å². The fraction of sp³-hybridized carbons (Fsp3) is 0.188. The van der Waals surface area contributed by atoms with Crippen LogP contribution >= 0.6 is 11.6 Å². The zero-order valence-corrected chi connectivity index (χ0v) is 11.1. The van der Waals surface area contributed by atoms with E-state index in [1.54, 1.807) is 0 Å². The summed E-state index contributed by atoms with van der Waals surface area (Å²) in [5, 5.41) is 0.709. The van der Waals surface area contributed by atoms with Crippen LogP contribution in [0.5, 0.6) is 5.75 Å². The molecule has 2 aromatic carbocycles. The molecule has 0 aliphatic carbocycles. The highest BCUT2D eigenvalue weighted by molar-refractivity contribution is 6.30. The topological polar surface area (TPSA) is 26.3 Å². The van der Waals surface area contributed by atoms with Crippen LogP contribution in [0, 0.1) is 0 Å². The van der Waals surface area contributed by atoms with Crippen molar-refractivity contribution in [1.29, 1.82) is 0 Å². The smallest absolute Gasteiger partial charge is 0.311 e. The van der Waals surface area contributed by atoms with Gasteiger partial charge in [-0.3, -0.25) is 4.79 Å². The lowest BCUT2D eigenvalue weighted by molar-refractivity contribution is -0.134. The van der Waals surface area contributed by atoms with Crippen molar-refractivity contribution in [2.45, 2.75) is 18.8 Å². The molecule has 0 saturated heterocycles. The summed E-state index contributed by atoms with van der Waals surface area (Å²) in [5.41, 5.74) is 2.20. The minimum absolute atomic E-state index is 0.147. The minimum atomic E-state index is -0.176. The van der Waals surface area contributed by atoms with Gasteiger partial charge in [-0.2, -0.15) is 0 Å². The second kappa shape index (κ2) is 5.06. The predicted octanol–water partition coefficient (Wildman–Crippen LogP) is 3.98. The van der Waals surface area contributed by atoms with Crippen LogP contribution in [0.25, 0.3) is 0 Å². The highest BCUT2D eigenvalue weighted by Crippen LogP contribution is 2.33. The zero-order chi connectivity index (χ0) is 13.2. The number of esters is 1. The molecule has 0 aromatic heterocycles. The highest BCUT2D eigenvalue weighted by Gasteiger charge is 2.24. The summed E-state index contributed by atoms with van der Waals surface area (Å²) in [4.78, 5) is 11.8. The van der Waals surface area contributed by atoms with E-state index in [2.05, 4.69) is 0 Å². The molecular formula is C16H13ClO2. The van der Waals surface area contributed by atoms with Gasteiger partial charge in [-0.1, -0.05) is 41.9 Å². The highest BCUT2D eigenvalue weighted by atomic mass is 35.5. The molecule has 2 aromatic rings. The van der Waals surface area contributed by atoms with Crippen LogP contribution in [0.4, 0.5) is 0 Å². The third-order valence-corrected chi connectivity index (χ3v) is 3.67. The molecule has 0 fully saturated rings. The first-order valence-corrected chi connectivity index (χ1v) is 6.64. The Morgan fingerprint density at radius 1 is 1.00 bits per heavy atom. The monoisotopic (exact) mass is 272 g/mol. The molecule has 1 aliphatic rings. The lowest BCUT2D eigenvalue weighted by Crippen LogP contribution is -2.10. The third kappa shape index (κ3) is 2.64. The summed E-state index contributed by atoms with van der Waals surface area (Å²) < 4.78 is 5.37. The second-order valence-corrected chi connectivity index (χ2v) is 5.17. The van der Waals surface area contributed by atoms with Crippen molar-refractivity contribution >= 4 is 17.6 Å². The Kier molecular flexibility index (Phi) is 3.26. The van der Waals surface area contributed by atoms with Crippen molar-refractivity contribution in [2.75, 3.05) is 0 Å². The van der Waals surface area contributed by atoms with E-state index in [4.69, 9.17) is 16.3 Å². The van der Waals surface area contributed by atoms with E-state index in [1.165, 1.54) is 0 Å². The molecule has 3 rings (SSSR count). The Hall–Kier alpha value is -1.80. The molecule has 1 heterocycles. The van der Waals surface area contributed by atoms with Crippen LogP contribution in [0.1, 0.15) is 23.5 Å². The van der Waals surface area contributed by atoms with Gasteiger partial charge in [-0.15, -0.1) is 0 Å². The van der Waals surface area contributed by atoms with Gasteiger partial charge in [0.25, 0.3) is 0 Å². The maximum atomic E-state index is 11.8. The van der Waals surface area contributed by atoms with E-state index in [0.717, 1.165) is 17.5 Å². The fourth-order valence-corrected chi connectivity index (χ4v) is 2.57. The molecule has 96 valence electrons. The van der Waals surface area contributed by atoms with Crippen molar-refractivity contribution < 1.29 is 9.53 Å². The van der Waals surface area contributed by atoms with E-state index < -0.39 is 0 Å². The van der Waals surface area contributed by atoms with Gasteiger partial charge in [0.1, 0.15) is 5.75 Å². The van der Waals surface area contributed by atoms with Crippen LogP contribution in [0.3, 0.4) is 0 Å². The van der Waals surface area contributed by atoms with E-state index in [0.29, 0.717) is 17.2 Å². The molecular weight excluding hydrogens is 260 g/mol. The predicted molar refractivity (Wildman–Crippen MR) is 74.6 cm³/mol. The quantitative estimate of drug-likeness (QED) is 0.580. The van der Waals surface area contributed by atoms with E-state index in [1.807, 2.05) is 48.5 Å². The first kappa shape index (κ1) is 12.2. The number of rotatable bonds is 1. The van der Waals surface area contributed by atoms with Crippen molar-refractivity contribution in [3.63, 3.8) is 0 Å². The van der Waals surface area contributed by atoms with Gasteiger partial charge in [0.2, 0.25) is 0 Å². The maximum absolute atomic E-state index is 11.8. The Labute approximate surface area is 117 Å². The number of para-hydroxylation sites is 1. The zero-order valence-electron chi connectivity index (χ0n) is 10.3. The molecule has 0 spiro atoms. The lowest BCUT2D eigenvalue weighted by Gasteiger charge is -2.13. The number of ether oxygens (including phenoxy) is 1. The summed E-state index contributed by atoms with van der Waals surface area (Å²) in [6.07, 6.45) is 1.21. The fourth-order valence-electron chi connectivity index (χ4n) is 2.45. The number of benzene rings is 2. The number of fused-ring (bicyclic) bond motifs is 1. The van der Waals surface area contributed by atoms with Gasteiger partial charge < -0.3 is 4.74 Å². The molecule has 1 aliphatic heterocycles. The average molecular weight is 273 g/mol. The minimum Gasteiger partial charge on any atom is -0.426 e. The number of halogens is 1. The average Bonchev–Trinajstić information content (AvgIpc) is 2.57. The first-order valence-electron chi connectivity index (χ1n) is 6.26. The Morgan fingerprint density at radius 2 is 1.74 bits per heavy atom. The molecule has 0 radical (unpaired) electrons.